The Bertz CT molecular complexity index is 644. The Hall–Kier alpha value is -1.62. The van der Waals surface area contributed by atoms with Crippen LogP contribution in [0.3, 0.4) is 0 Å². The number of carbonyl (C=O) groups is 1. The lowest BCUT2D eigenvalue weighted by Gasteiger charge is -2.31. The summed E-state index contributed by atoms with van der Waals surface area (Å²) < 4.78 is 2.78. The van der Waals surface area contributed by atoms with Crippen LogP contribution in [0, 0.1) is 0 Å². The van der Waals surface area contributed by atoms with Crippen LogP contribution in [0.1, 0.15) is 34.8 Å². The summed E-state index contributed by atoms with van der Waals surface area (Å²) in [6.45, 7) is 1.60. The van der Waals surface area contributed by atoms with E-state index in [0.717, 1.165) is 41.7 Å². The standard InChI is InChI=1S/C16H18BrN3O/c1-19-8-7-15(18-19)12-5-9-20(10-6-12)16(21)13-3-2-4-14(17)11-13/h2-4,7-8,11-12H,5-6,9-10H2,1H3. The van der Waals surface area contributed by atoms with Gasteiger partial charge in [0.15, 0.2) is 0 Å². The summed E-state index contributed by atoms with van der Waals surface area (Å²) in [6.07, 6.45) is 3.95. The summed E-state index contributed by atoms with van der Waals surface area (Å²) in [5.74, 6) is 0.591. The molecule has 0 radical (unpaired) electrons. The van der Waals surface area contributed by atoms with Gasteiger partial charge in [-0.1, -0.05) is 22.0 Å². The smallest absolute Gasteiger partial charge is 0.253 e. The van der Waals surface area contributed by atoms with Gasteiger partial charge in [-0.25, -0.2) is 0 Å². The predicted molar refractivity (Wildman–Crippen MR) is 85.2 cm³/mol. The first kappa shape index (κ1) is 14.3. The molecular formula is C16H18BrN3O. The first-order valence-electron chi connectivity index (χ1n) is 7.18. The Morgan fingerprint density at radius 2 is 2.05 bits per heavy atom. The molecule has 2 heterocycles. The fourth-order valence-corrected chi connectivity index (χ4v) is 3.23. The van der Waals surface area contributed by atoms with Gasteiger partial charge in [-0.2, -0.15) is 5.10 Å². The fourth-order valence-electron chi connectivity index (χ4n) is 2.83. The van der Waals surface area contributed by atoms with Crippen LogP contribution >= 0.6 is 15.9 Å². The van der Waals surface area contributed by atoms with E-state index in [4.69, 9.17) is 0 Å². The quantitative estimate of drug-likeness (QED) is 0.836. The SMILES string of the molecule is Cn1ccc(C2CCN(C(=O)c3cccc(Br)c3)CC2)n1. The predicted octanol–water partition coefficient (Wildman–Crippen LogP) is 3.20. The van der Waals surface area contributed by atoms with E-state index in [1.807, 2.05) is 47.1 Å². The zero-order valence-corrected chi connectivity index (χ0v) is 13.6. The van der Waals surface area contributed by atoms with E-state index in [1.54, 1.807) is 0 Å². The maximum atomic E-state index is 12.5. The van der Waals surface area contributed by atoms with Crippen molar-refractivity contribution in [2.45, 2.75) is 18.8 Å². The zero-order valence-electron chi connectivity index (χ0n) is 12.0. The molecule has 0 unspecified atom stereocenters. The van der Waals surface area contributed by atoms with Crippen LogP contribution in [0.4, 0.5) is 0 Å². The molecule has 3 rings (SSSR count). The van der Waals surface area contributed by atoms with Crippen molar-refractivity contribution < 1.29 is 4.79 Å². The minimum Gasteiger partial charge on any atom is -0.339 e. The summed E-state index contributed by atoms with van der Waals surface area (Å²) in [5, 5.41) is 4.48. The van der Waals surface area contributed by atoms with Gasteiger partial charge in [0, 0.05) is 42.3 Å². The Kier molecular flexibility index (Phi) is 4.10. The van der Waals surface area contributed by atoms with Gasteiger partial charge in [-0.3, -0.25) is 9.48 Å². The third kappa shape index (κ3) is 3.18. The van der Waals surface area contributed by atoms with Crippen LogP contribution in [0.25, 0.3) is 0 Å². The third-order valence-electron chi connectivity index (χ3n) is 4.01. The van der Waals surface area contributed by atoms with Crippen molar-refractivity contribution in [3.63, 3.8) is 0 Å². The van der Waals surface area contributed by atoms with Gasteiger partial charge in [-0.05, 0) is 37.1 Å². The van der Waals surface area contributed by atoms with E-state index in [0.29, 0.717) is 5.92 Å². The Labute approximate surface area is 132 Å². The van der Waals surface area contributed by atoms with Crippen LogP contribution in [-0.2, 0) is 7.05 Å². The number of rotatable bonds is 2. The Morgan fingerprint density at radius 1 is 1.29 bits per heavy atom. The Balaban J connectivity index is 1.64. The molecule has 1 aromatic heterocycles. The van der Waals surface area contributed by atoms with Crippen molar-refractivity contribution >= 4 is 21.8 Å². The van der Waals surface area contributed by atoms with Crippen LogP contribution < -0.4 is 0 Å². The molecule has 110 valence electrons. The lowest BCUT2D eigenvalue weighted by atomic mass is 9.93. The first-order valence-corrected chi connectivity index (χ1v) is 7.97. The van der Waals surface area contributed by atoms with E-state index in [-0.39, 0.29) is 5.91 Å². The van der Waals surface area contributed by atoms with E-state index in [2.05, 4.69) is 27.1 Å². The molecule has 2 aromatic rings. The lowest BCUT2D eigenvalue weighted by Crippen LogP contribution is -2.38. The molecule has 0 bridgehead atoms. The van der Waals surface area contributed by atoms with Gasteiger partial charge in [0.05, 0.1) is 5.69 Å². The number of hydrogen-bond acceptors (Lipinski definition) is 2. The molecule has 0 aliphatic carbocycles. The highest BCUT2D eigenvalue weighted by Gasteiger charge is 2.25. The normalized spacial score (nSPS) is 16.2. The molecule has 1 aliphatic rings. The average Bonchev–Trinajstić information content (AvgIpc) is 2.93. The molecule has 21 heavy (non-hydrogen) atoms. The molecule has 1 fully saturated rings. The van der Waals surface area contributed by atoms with Crippen molar-refractivity contribution in [1.82, 2.24) is 14.7 Å². The third-order valence-corrected chi connectivity index (χ3v) is 4.50. The van der Waals surface area contributed by atoms with Crippen LogP contribution in [0.2, 0.25) is 0 Å². The van der Waals surface area contributed by atoms with Gasteiger partial charge >= 0.3 is 0 Å². The second-order valence-corrected chi connectivity index (χ2v) is 6.41. The largest absolute Gasteiger partial charge is 0.339 e. The molecule has 1 aromatic carbocycles. The number of halogens is 1. The van der Waals surface area contributed by atoms with Gasteiger partial charge in [0.2, 0.25) is 0 Å². The number of piperidine rings is 1. The average molecular weight is 348 g/mol. The molecule has 0 N–H and O–H groups in total. The van der Waals surface area contributed by atoms with Crippen molar-refractivity contribution in [3.8, 4) is 0 Å². The maximum absolute atomic E-state index is 12.5. The number of amides is 1. The molecule has 5 heteroatoms. The summed E-state index contributed by atoms with van der Waals surface area (Å²) >= 11 is 3.42. The highest BCUT2D eigenvalue weighted by Crippen LogP contribution is 2.27. The minimum absolute atomic E-state index is 0.121. The minimum atomic E-state index is 0.121. The molecule has 1 saturated heterocycles. The van der Waals surface area contributed by atoms with Gasteiger partial charge in [-0.15, -0.1) is 0 Å². The van der Waals surface area contributed by atoms with E-state index in [1.165, 1.54) is 0 Å². The van der Waals surface area contributed by atoms with Crippen LogP contribution in [0.15, 0.2) is 41.0 Å². The summed E-state index contributed by atoms with van der Waals surface area (Å²) in [6, 6.07) is 9.67. The second-order valence-electron chi connectivity index (χ2n) is 5.49. The number of hydrogen-bond donors (Lipinski definition) is 0. The number of carbonyl (C=O) groups excluding carboxylic acids is 1. The second kappa shape index (κ2) is 6.02. The maximum Gasteiger partial charge on any atom is 0.253 e. The number of aryl methyl sites for hydroxylation is 1. The Morgan fingerprint density at radius 3 is 2.67 bits per heavy atom. The molecule has 0 saturated carbocycles. The summed E-state index contributed by atoms with van der Waals surface area (Å²) in [7, 11) is 1.94. The topological polar surface area (TPSA) is 38.1 Å². The number of aromatic nitrogens is 2. The summed E-state index contributed by atoms with van der Waals surface area (Å²) in [4.78, 5) is 14.4. The highest BCUT2D eigenvalue weighted by molar-refractivity contribution is 9.10. The monoisotopic (exact) mass is 347 g/mol. The molecule has 1 amide bonds. The van der Waals surface area contributed by atoms with Crippen LogP contribution in [0.5, 0.6) is 0 Å². The molecular weight excluding hydrogens is 330 g/mol. The van der Waals surface area contributed by atoms with Crippen molar-refractivity contribution in [2.75, 3.05) is 13.1 Å². The van der Waals surface area contributed by atoms with Gasteiger partial charge in [0.25, 0.3) is 5.91 Å². The number of benzene rings is 1. The number of likely N-dealkylation sites (tertiary alicyclic amines) is 1. The van der Waals surface area contributed by atoms with Crippen molar-refractivity contribution in [3.05, 3.63) is 52.3 Å². The first-order chi connectivity index (χ1) is 10.1. The molecule has 0 spiro atoms. The van der Waals surface area contributed by atoms with Gasteiger partial charge < -0.3 is 4.90 Å². The fraction of sp³-hybridized carbons (Fsp3) is 0.375. The van der Waals surface area contributed by atoms with E-state index >= 15 is 0 Å². The lowest BCUT2D eigenvalue weighted by molar-refractivity contribution is 0.0712. The molecule has 0 atom stereocenters. The van der Waals surface area contributed by atoms with Crippen molar-refractivity contribution in [1.29, 1.82) is 0 Å². The van der Waals surface area contributed by atoms with Gasteiger partial charge in [0.1, 0.15) is 0 Å². The summed E-state index contributed by atoms with van der Waals surface area (Å²) in [5.41, 5.74) is 1.90. The van der Waals surface area contributed by atoms with E-state index in [9.17, 15) is 4.79 Å². The van der Waals surface area contributed by atoms with E-state index < -0.39 is 0 Å². The highest BCUT2D eigenvalue weighted by atomic mass is 79.9. The van der Waals surface area contributed by atoms with Crippen molar-refractivity contribution in [2.24, 2.45) is 7.05 Å². The molecule has 1 aliphatic heterocycles. The zero-order chi connectivity index (χ0) is 14.8. The van der Waals surface area contributed by atoms with Crippen LogP contribution in [-0.4, -0.2) is 33.7 Å². The molecule has 4 nitrogen and oxygen atoms in total. The number of nitrogens with zero attached hydrogens (tertiary/aromatic N) is 3.